The third-order valence-corrected chi connectivity index (χ3v) is 3.58. The van der Waals surface area contributed by atoms with E-state index in [4.69, 9.17) is 11.0 Å². The Bertz CT molecular complexity index is 523. The van der Waals surface area contributed by atoms with E-state index in [1.807, 2.05) is 6.07 Å². The van der Waals surface area contributed by atoms with Crippen LogP contribution in [0.5, 0.6) is 0 Å². The first kappa shape index (κ1) is 15.9. The van der Waals surface area contributed by atoms with Gasteiger partial charge in [0.2, 0.25) is 10.0 Å². The molecular weight excluding hydrogens is 262 g/mol. The summed E-state index contributed by atoms with van der Waals surface area (Å²) < 4.78 is 25.9. The number of nitrogens with two attached hydrogens (primary N) is 1. The summed E-state index contributed by atoms with van der Waals surface area (Å²) in [4.78, 5) is 0.00319. The minimum absolute atomic E-state index is 0. The summed E-state index contributed by atoms with van der Waals surface area (Å²) in [5.74, 6) is 0. The van der Waals surface area contributed by atoms with Crippen molar-refractivity contribution in [2.75, 3.05) is 13.1 Å². The second-order valence-electron chi connectivity index (χ2n) is 3.25. The van der Waals surface area contributed by atoms with Crippen molar-refractivity contribution in [3.8, 4) is 6.07 Å². The number of nitriles is 1. The van der Waals surface area contributed by atoms with E-state index in [-0.39, 0.29) is 36.0 Å². The third kappa shape index (κ3) is 3.68. The lowest BCUT2D eigenvalue weighted by molar-refractivity contribution is 0.582. The van der Waals surface area contributed by atoms with Gasteiger partial charge < -0.3 is 5.73 Å². The first-order valence-corrected chi connectivity index (χ1v) is 6.20. The van der Waals surface area contributed by atoms with Crippen LogP contribution in [0.15, 0.2) is 23.1 Å². The number of rotatable bonds is 4. The lowest BCUT2D eigenvalue weighted by Crippen LogP contribution is -2.29. The van der Waals surface area contributed by atoms with Crippen molar-refractivity contribution in [1.82, 2.24) is 4.72 Å². The van der Waals surface area contributed by atoms with E-state index in [1.54, 1.807) is 19.1 Å². The number of nitrogens with zero attached hydrogens (tertiary/aromatic N) is 1. The Morgan fingerprint density at radius 1 is 1.47 bits per heavy atom. The molecule has 0 saturated heterocycles. The Balaban J connectivity index is 0.00000256. The lowest BCUT2D eigenvalue weighted by Gasteiger charge is -2.08. The number of aryl methyl sites for hydroxylation is 1. The molecule has 7 heteroatoms. The Hall–Kier alpha value is -1.13. The molecule has 17 heavy (non-hydrogen) atoms. The predicted octanol–water partition coefficient (Wildman–Crippen LogP) is 0.526. The Labute approximate surface area is 107 Å². The van der Waals surface area contributed by atoms with Crippen molar-refractivity contribution in [1.29, 1.82) is 5.26 Å². The van der Waals surface area contributed by atoms with E-state index in [1.165, 1.54) is 6.07 Å². The first-order valence-electron chi connectivity index (χ1n) is 4.72. The largest absolute Gasteiger partial charge is 0.329 e. The van der Waals surface area contributed by atoms with E-state index in [0.717, 1.165) is 0 Å². The summed E-state index contributed by atoms with van der Waals surface area (Å²) in [5.41, 5.74) is 6.03. The first-order chi connectivity index (χ1) is 7.53. The second kappa shape index (κ2) is 6.57. The van der Waals surface area contributed by atoms with Crippen molar-refractivity contribution >= 4 is 22.4 Å². The van der Waals surface area contributed by atoms with Gasteiger partial charge in [-0.15, -0.1) is 12.4 Å². The lowest BCUT2D eigenvalue weighted by atomic mass is 10.1. The minimum Gasteiger partial charge on any atom is -0.329 e. The Morgan fingerprint density at radius 2 is 2.12 bits per heavy atom. The fourth-order valence-electron chi connectivity index (χ4n) is 1.28. The van der Waals surface area contributed by atoms with Crippen LogP contribution in [-0.4, -0.2) is 21.5 Å². The predicted molar refractivity (Wildman–Crippen MR) is 67.4 cm³/mol. The highest BCUT2D eigenvalue weighted by Crippen LogP contribution is 2.17. The highest BCUT2D eigenvalue weighted by Gasteiger charge is 2.18. The molecule has 0 unspecified atom stereocenters. The highest BCUT2D eigenvalue weighted by atomic mass is 35.5. The summed E-state index contributed by atoms with van der Waals surface area (Å²) in [6.45, 7) is 2.06. The van der Waals surface area contributed by atoms with E-state index < -0.39 is 10.0 Å². The summed E-state index contributed by atoms with van der Waals surface area (Å²) in [7, 11) is -3.64. The molecule has 3 N–H and O–H groups in total. The molecule has 1 aromatic rings. The fourth-order valence-corrected chi connectivity index (χ4v) is 2.55. The summed E-state index contributed by atoms with van der Waals surface area (Å²) in [5, 5.41) is 8.92. The molecule has 0 spiro atoms. The molecule has 0 heterocycles. The Kier molecular flexibility index (Phi) is 6.13. The number of hydrogen-bond acceptors (Lipinski definition) is 4. The van der Waals surface area contributed by atoms with Gasteiger partial charge in [-0.1, -0.05) is 12.1 Å². The minimum atomic E-state index is -3.64. The molecule has 1 rings (SSSR count). The van der Waals surface area contributed by atoms with Crippen molar-refractivity contribution in [2.24, 2.45) is 5.73 Å². The maximum Gasteiger partial charge on any atom is 0.241 e. The molecule has 0 aliphatic rings. The van der Waals surface area contributed by atoms with Gasteiger partial charge in [0.15, 0.2) is 0 Å². The topological polar surface area (TPSA) is 96.0 Å². The van der Waals surface area contributed by atoms with Crippen LogP contribution in [0.25, 0.3) is 0 Å². The van der Waals surface area contributed by atoms with Crippen LogP contribution in [0.1, 0.15) is 11.1 Å². The molecule has 0 aromatic heterocycles. The van der Waals surface area contributed by atoms with E-state index in [9.17, 15) is 8.42 Å². The van der Waals surface area contributed by atoms with Gasteiger partial charge in [-0.3, -0.25) is 0 Å². The highest BCUT2D eigenvalue weighted by molar-refractivity contribution is 7.89. The molecule has 0 aliphatic carbocycles. The molecule has 5 nitrogen and oxygen atoms in total. The van der Waals surface area contributed by atoms with Gasteiger partial charge in [0.05, 0.1) is 10.5 Å². The molecule has 0 amide bonds. The SMILES string of the molecule is Cc1cccc(S(=O)(=O)NCCN)c1C#N.Cl. The number of hydrogen-bond donors (Lipinski definition) is 2. The van der Waals surface area contributed by atoms with Gasteiger partial charge in [0, 0.05) is 13.1 Å². The van der Waals surface area contributed by atoms with Gasteiger partial charge in [-0.2, -0.15) is 5.26 Å². The third-order valence-electron chi connectivity index (χ3n) is 2.07. The molecule has 94 valence electrons. The number of benzene rings is 1. The summed E-state index contributed by atoms with van der Waals surface area (Å²) in [6, 6.07) is 6.60. The zero-order valence-electron chi connectivity index (χ0n) is 9.30. The van der Waals surface area contributed by atoms with E-state index in [0.29, 0.717) is 5.56 Å². The summed E-state index contributed by atoms with van der Waals surface area (Å²) in [6.07, 6.45) is 0. The quantitative estimate of drug-likeness (QED) is 0.837. The average molecular weight is 276 g/mol. The normalized spacial score (nSPS) is 10.4. The zero-order valence-corrected chi connectivity index (χ0v) is 10.9. The smallest absolute Gasteiger partial charge is 0.241 e. The van der Waals surface area contributed by atoms with Crippen LogP contribution < -0.4 is 10.5 Å². The van der Waals surface area contributed by atoms with E-state index in [2.05, 4.69) is 4.72 Å². The molecular formula is C10H14ClN3O2S. The van der Waals surface area contributed by atoms with Crippen LogP contribution in [0.4, 0.5) is 0 Å². The van der Waals surface area contributed by atoms with Crippen LogP contribution in [0, 0.1) is 18.3 Å². The monoisotopic (exact) mass is 275 g/mol. The van der Waals surface area contributed by atoms with Crippen LogP contribution >= 0.6 is 12.4 Å². The molecule has 0 aliphatic heterocycles. The molecule has 0 bridgehead atoms. The van der Waals surface area contributed by atoms with Crippen molar-refractivity contribution < 1.29 is 8.42 Å². The van der Waals surface area contributed by atoms with Gasteiger partial charge in [0.25, 0.3) is 0 Å². The molecule has 1 aromatic carbocycles. The number of halogens is 1. The van der Waals surface area contributed by atoms with Gasteiger partial charge in [-0.05, 0) is 18.6 Å². The van der Waals surface area contributed by atoms with Crippen LogP contribution in [0.3, 0.4) is 0 Å². The van der Waals surface area contributed by atoms with Gasteiger partial charge in [0.1, 0.15) is 6.07 Å². The fraction of sp³-hybridized carbons (Fsp3) is 0.300. The Morgan fingerprint density at radius 3 is 2.65 bits per heavy atom. The molecule has 0 saturated carbocycles. The van der Waals surface area contributed by atoms with Crippen LogP contribution in [0.2, 0.25) is 0 Å². The molecule has 0 radical (unpaired) electrons. The van der Waals surface area contributed by atoms with E-state index >= 15 is 0 Å². The van der Waals surface area contributed by atoms with Crippen molar-refractivity contribution in [3.63, 3.8) is 0 Å². The van der Waals surface area contributed by atoms with Crippen molar-refractivity contribution in [3.05, 3.63) is 29.3 Å². The van der Waals surface area contributed by atoms with Crippen molar-refractivity contribution in [2.45, 2.75) is 11.8 Å². The molecule has 0 atom stereocenters. The standard InChI is InChI=1S/C10H13N3O2S.ClH/c1-8-3-2-4-10(9(8)7-12)16(14,15)13-6-5-11;/h2-4,13H,5-6,11H2,1H3;1H. The number of nitrogens with one attached hydrogen (secondary N) is 1. The summed E-state index contributed by atoms with van der Waals surface area (Å²) >= 11 is 0. The zero-order chi connectivity index (χ0) is 12.2. The second-order valence-corrected chi connectivity index (χ2v) is 4.98. The average Bonchev–Trinajstić information content (AvgIpc) is 2.26. The van der Waals surface area contributed by atoms with Gasteiger partial charge in [-0.25, -0.2) is 13.1 Å². The maximum absolute atomic E-state index is 11.8. The number of sulfonamides is 1. The maximum atomic E-state index is 11.8. The van der Waals surface area contributed by atoms with Crippen LogP contribution in [-0.2, 0) is 10.0 Å². The molecule has 0 fully saturated rings. The van der Waals surface area contributed by atoms with Gasteiger partial charge >= 0.3 is 0 Å².